The van der Waals surface area contributed by atoms with Crippen LogP contribution in [-0.4, -0.2) is 24.4 Å². The first-order valence-electron chi connectivity index (χ1n) is 6.17. The van der Waals surface area contributed by atoms with Gasteiger partial charge in [0.05, 0.1) is 24.9 Å². The topological polar surface area (TPSA) is 59.5 Å². The predicted molar refractivity (Wildman–Crippen MR) is 79.5 cm³/mol. The van der Waals surface area contributed by atoms with Crippen molar-refractivity contribution in [1.82, 2.24) is 4.90 Å². The zero-order chi connectivity index (χ0) is 14.5. The van der Waals surface area contributed by atoms with Gasteiger partial charge in [0.2, 0.25) is 0 Å². The monoisotopic (exact) mass is 288 g/mol. The van der Waals surface area contributed by atoms with Crippen LogP contribution in [0.25, 0.3) is 0 Å². The third-order valence-electron chi connectivity index (χ3n) is 2.82. The lowest BCUT2D eigenvalue weighted by atomic mass is 10.2. The van der Waals surface area contributed by atoms with E-state index in [9.17, 15) is 4.79 Å². The molecule has 2 rings (SSSR count). The summed E-state index contributed by atoms with van der Waals surface area (Å²) in [5.74, 6) is 6.39. The van der Waals surface area contributed by atoms with E-state index in [0.29, 0.717) is 24.4 Å². The molecule has 0 saturated heterocycles. The summed E-state index contributed by atoms with van der Waals surface area (Å²) in [7, 11) is 1.78. The molecule has 0 unspecified atom stereocenters. The lowest BCUT2D eigenvalue weighted by molar-refractivity contribution is 0.0784. The highest BCUT2D eigenvalue weighted by Gasteiger charge is 2.16. The van der Waals surface area contributed by atoms with E-state index in [1.165, 1.54) is 6.26 Å². The standard InChI is InChI=1S/C15H16N2O2S/c1-11-14(5-7-19-11)15(18)17(2)9-13-8-12(10-20-13)4-3-6-16/h5,7-8,10H,6,9,16H2,1-2H3. The molecule has 0 radical (unpaired) electrons. The van der Waals surface area contributed by atoms with Crippen LogP contribution >= 0.6 is 11.3 Å². The van der Waals surface area contributed by atoms with Gasteiger partial charge in [-0.15, -0.1) is 11.3 Å². The third-order valence-corrected chi connectivity index (χ3v) is 3.74. The van der Waals surface area contributed by atoms with Crippen molar-refractivity contribution >= 4 is 17.2 Å². The minimum absolute atomic E-state index is 0.0424. The van der Waals surface area contributed by atoms with E-state index in [1.807, 2.05) is 11.4 Å². The van der Waals surface area contributed by atoms with E-state index in [1.54, 1.807) is 36.3 Å². The molecule has 5 heteroatoms. The number of thiophene rings is 1. The van der Waals surface area contributed by atoms with E-state index >= 15 is 0 Å². The summed E-state index contributed by atoms with van der Waals surface area (Å²) < 4.78 is 5.16. The number of hydrogen-bond acceptors (Lipinski definition) is 4. The molecule has 0 aliphatic heterocycles. The maximum absolute atomic E-state index is 12.2. The average Bonchev–Trinajstić information content (AvgIpc) is 3.04. The fraction of sp³-hybridized carbons (Fsp3) is 0.267. The van der Waals surface area contributed by atoms with Crippen LogP contribution in [0.2, 0.25) is 0 Å². The zero-order valence-corrected chi connectivity index (χ0v) is 12.3. The molecule has 4 nitrogen and oxygen atoms in total. The van der Waals surface area contributed by atoms with Crippen molar-refractivity contribution in [2.45, 2.75) is 13.5 Å². The number of carbonyl (C=O) groups excluding carboxylic acids is 1. The van der Waals surface area contributed by atoms with Gasteiger partial charge in [-0.05, 0) is 19.1 Å². The van der Waals surface area contributed by atoms with Gasteiger partial charge in [0.1, 0.15) is 5.76 Å². The number of carbonyl (C=O) groups is 1. The Morgan fingerprint density at radius 3 is 3.00 bits per heavy atom. The number of amides is 1. The van der Waals surface area contributed by atoms with Gasteiger partial charge in [-0.1, -0.05) is 11.8 Å². The quantitative estimate of drug-likeness (QED) is 0.881. The number of hydrogen-bond donors (Lipinski definition) is 1. The molecule has 0 aliphatic carbocycles. The Hall–Kier alpha value is -2.03. The summed E-state index contributed by atoms with van der Waals surface area (Å²) >= 11 is 1.59. The van der Waals surface area contributed by atoms with E-state index in [4.69, 9.17) is 10.2 Å². The Morgan fingerprint density at radius 2 is 2.35 bits per heavy atom. The van der Waals surface area contributed by atoms with Crippen molar-refractivity contribution in [3.05, 3.63) is 45.5 Å². The SMILES string of the molecule is Cc1occc1C(=O)N(C)Cc1cc(C#CCN)cs1. The minimum Gasteiger partial charge on any atom is -0.469 e. The van der Waals surface area contributed by atoms with Crippen molar-refractivity contribution in [2.75, 3.05) is 13.6 Å². The Bertz CT molecular complexity index is 661. The van der Waals surface area contributed by atoms with Gasteiger partial charge in [-0.2, -0.15) is 0 Å². The first-order chi connectivity index (χ1) is 9.61. The van der Waals surface area contributed by atoms with E-state index in [2.05, 4.69) is 11.8 Å². The summed E-state index contributed by atoms with van der Waals surface area (Å²) in [6.07, 6.45) is 1.53. The van der Waals surface area contributed by atoms with Crippen molar-refractivity contribution in [1.29, 1.82) is 0 Å². The van der Waals surface area contributed by atoms with E-state index < -0.39 is 0 Å². The highest BCUT2D eigenvalue weighted by molar-refractivity contribution is 7.10. The van der Waals surface area contributed by atoms with Crippen LogP contribution in [-0.2, 0) is 6.54 Å². The number of aryl methyl sites for hydroxylation is 1. The van der Waals surface area contributed by atoms with E-state index in [0.717, 1.165) is 10.4 Å². The lowest BCUT2D eigenvalue weighted by Gasteiger charge is -2.15. The number of rotatable bonds is 3. The smallest absolute Gasteiger partial charge is 0.257 e. The third kappa shape index (κ3) is 3.29. The molecule has 1 amide bonds. The van der Waals surface area contributed by atoms with Gasteiger partial charge < -0.3 is 15.1 Å². The molecule has 0 aromatic carbocycles. The minimum atomic E-state index is -0.0424. The normalized spacial score (nSPS) is 9.95. The van der Waals surface area contributed by atoms with Crippen LogP contribution in [0.3, 0.4) is 0 Å². The molecule has 0 saturated carbocycles. The summed E-state index contributed by atoms with van der Waals surface area (Å²) in [5.41, 5.74) is 6.88. The van der Waals surface area contributed by atoms with Crippen molar-refractivity contribution in [3.8, 4) is 11.8 Å². The molecule has 2 heterocycles. The Labute approximate surface area is 122 Å². The molecule has 2 aromatic rings. The van der Waals surface area contributed by atoms with Crippen LogP contribution in [0.4, 0.5) is 0 Å². The maximum Gasteiger partial charge on any atom is 0.257 e. The Kier molecular flexibility index (Phi) is 4.61. The Morgan fingerprint density at radius 1 is 1.55 bits per heavy atom. The second kappa shape index (κ2) is 6.42. The first-order valence-corrected chi connectivity index (χ1v) is 7.05. The van der Waals surface area contributed by atoms with Crippen molar-refractivity contribution < 1.29 is 9.21 Å². The summed E-state index contributed by atoms with van der Waals surface area (Å²) in [6, 6.07) is 3.68. The molecule has 0 atom stereocenters. The van der Waals surface area contributed by atoms with Gasteiger partial charge in [-0.25, -0.2) is 0 Å². The average molecular weight is 288 g/mol. The van der Waals surface area contributed by atoms with Gasteiger partial charge in [0.15, 0.2) is 0 Å². The molecule has 0 bridgehead atoms. The number of nitrogens with zero attached hydrogens (tertiary/aromatic N) is 1. The largest absolute Gasteiger partial charge is 0.469 e. The van der Waals surface area contributed by atoms with Gasteiger partial charge in [0, 0.05) is 22.9 Å². The highest BCUT2D eigenvalue weighted by atomic mass is 32.1. The van der Waals surface area contributed by atoms with Crippen LogP contribution in [0.5, 0.6) is 0 Å². The van der Waals surface area contributed by atoms with Crippen LogP contribution in [0, 0.1) is 18.8 Å². The van der Waals surface area contributed by atoms with Crippen LogP contribution in [0.15, 0.2) is 28.2 Å². The second-order valence-corrected chi connectivity index (χ2v) is 5.36. The fourth-order valence-corrected chi connectivity index (χ4v) is 2.67. The second-order valence-electron chi connectivity index (χ2n) is 4.36. The molecule has 20 heavy (non-hydrogen) atoms. The molecule has 0 spiro atoms. The lowest BCUT2D eigenvalue weighted by Crippen LogP contribution is -2.25. The summed E-state index contributed by atoms with van der Waals surface area (Å²) in [5, 5.41) is 1.97. The van der Waals surface area contributed by atoms with Gasteiger partial charge in [0.25, 0.3) is 5.91 Å². The highest BCUT2D eigenvalue weighted by Crippen LogP contribution is 2.18. The van der Waals surface area contributed by atoms with Gasteiger partial charge >= 0.3 is 0 Å². The molecule has 104 valence electrons. The summed E-state index contributed by atoms with van der Waals surface area (Å²) in [4.78, 5) is 15.0. The molecule has 2 aromatic heterocycles. The predicted octanol–water partition coefficient (Wildman–Crippen LogP) is 2.23. The molecular weight excluding hydrogens is 272 g/mol. The Balaban J connectivity index is 2.04. The fourth-order valence-electron chi connectivity index (χ4n) is 1.80. The van der Waals surface area contributed by atoms with Gasteiger partial charge in [-0.3, -0.25) is 4.79 Å². The maximum atomic E-state index is 12.2. The molecule has 0 fully saturated rings. The number of furan rings is 1. The molecular formula is C15H16N2O2S. The number of nitrogens with two attached hydrogens (primary N) is 1. The van der Waals surface area contributed by atoms with E-state index in [-0.39, 0.29) is 5.91 Å². The zero-order valence-electron chi connectivity index (χ0n) is 11.5. The van der Waals surface area contributed by atoms with Crippen molar-refractivity contribution in [2.24, 2.45) is 5.73 Å². The molecule has 0 aliphatic rings. The van der Waals surface area contributed by atoms with Crippen LogP contribution < -0.4 is 5.73 Å². The first kappa shape index (κ1) is 14.4. The summed E-state index contributed by atoms with van der Waals surface area (Å²) in [6.45, 7) is 2.69. The van der Waals surface area contributed by atoms with Crippen molar-refractivity contribution in [3.63, 3.8) is 0 Å². The molecule has 2 N–H and O–H groups in total. The van der Waals surface area contributed by atoms with Crippen LogP contribution in [0.1, 0.15) is 26.6 Å².